The first kappa shape index (κ1) is 15.3. The summed E-state index contributed by atoms with van der Waals surface area (Å²) in [5.41, 5.74) is 3.52. The summed E-state index contributed by atoms with van der Waals surface area (Å²) in [5, 5.41) is 0.654. The fourth-order valence-electron chi connectivity index (χ4n) is 2.75. The molecular weight excluding hydrogens is 288 g/mol. The van der Waals surface area contributed by atoms with Crippen LogP contribution in [0.5, 0.6) is 5.75 Å². The molecule has 4 heteroatoms. The molecule has 0 aliphatic heterocycles. The van der Waals surface area contributed by atoms with E-state index in [0.717, 1.165) is 22.3 Å². The summed E-state index contributed by atoms with van der Waals surface area (Å²) in [6, 6.07) is 15.5. The smallest absolute Gasteiger partial charge is 0.194 e. The van der Waals surface area contributed by atoms with Crippen LogP contribution in [0, 0.1) is 0 Å². The molecule has 3 rings (SSSR count). The summed E-state index contributed by atoms with van der Waals surface area (Å²) >= 11 is 0. The predicted octanol–water partition coefficient (Wildman–Crippen LogP) is 3.27. The van der Waals surface area contributed by atoms with E-state index in [9.17, 15) is 4.79 Å². The van der Waals surface area contributed by atoms with E-state index >= 15 is 0 Å². The number of benzene rings is 2. The van der Waals surface area contributed by atoms with E-state index in [4.69, 9.17) is 4.74 Å². The fourth-order valence-corrected chi connectivity index (χ4v) is 2.75. The molecule has 2 aromatic carbocycles. The van der Waals surface area contributed by atoms with E-state index in [1.165, 1.54) is 0 Å². The van der Waals surface area contributed by atoms with Gasteiger partial charge in [0.2, 0.25) is 0 Å². The zero-order valence-electron chi connectivity index (χ0n) is 13.6. The summed E-state index contributed by atoms with van der Waals surface area (Å²) in [6.07, 6.45) is 0. The van der Waals surface area contributed by atoms with Gasteiger partial charge >= 0.3 is 0 Å². The lowest BCUT2D eigenvalue weighted by Crippen LogP contribution is -2.20. The summed E-state index contributed by atoms with van der Waals surface area (Å²) < 4.78 is 5.25. The molecule has 0 aliphatic rings. The fraction of sp³-hybridized carbons (Fsp3) is 0.211. The molecule has 0 saturated heterocycles. The van der Waals surface area contributed by atoms with Crippen molar-refractivity contribution in [2.45, 2.75) is 6.54 Å². The van der Waals surface area contributed by atoms with Crippen LogP contribution in [0.3, 0.4) is 0 Å². The molecule has 0 fully saturated rings. The standard InChI is InChI=1S/C19H20N2O2/c1-21(2)12-16-18(13-7-5-4-6-8-13)20-17-10-9-14(23-3)11-15(17)19(16)22/h4-11H,12H2,1-3H3,(H,20,22). The Balaban J connectivity index is 2.32. The van der Waals surface area contributed by atoms with Gasteiger partial charge in [-0.05, 0) is 37.9 Å². The van der Waals surface area contributed by atoms with Gasteiger partial charge in [-0.1, -0.05) is 30.3 Å². The Morgan fingerprint density at radius 2 is 1.83 bits per heavy atom. The molecule has 0 bridgehead atoms. The Kier molecular flexibility index (Phi) is 4.17. The van der Waals surface area contributed by atoms with Crippen molar-refractivity contribution in [2.24, 2.45) is 0 Å². The van der Waals surface area contributed by atoms with Gasteiger partial charge < -0.3 is 14.6 Å². The SMILES string of the molecule is COc1ccc2[nH]c(-c3ccccc3)c(CN(C)C)c(=O)c2c1. The molecule has 0 saturated carbocycles. The number of nitrogens with one attached hydrogen (secondary N) is 1. The number of hydrogen-bond acceptors (Lipinski definition) is 3. The second-order valence-electron chi connectivity index (χ2n) is 5.82. The van der Waals surface area contributed by atoms with Gasteiger partial charge in [-0.2, -0.15) is 0 Å². The number of fused-ring (bicyclic) bond motifs is 1. The van der Waals surface area contributed by atoms with Crippen LogP contribution in [-0.2, 0) is 6.54 Å². The van der Waals surface area contributed by atoms with Gasteiger partial charge in [0.25, 0.3) is 0 Å². The van der Waals surface area contributed by atoms with E-state index in [-0.39, 0.29) is 5.43 Å². The van der Waals surface area contributed by atoms with Gasteiger partial charge in [0.1, 0.15) is 5.75 Å². The van der Waals surface area contributed by atoms with Crippen LogP contribution in [0.15, 0.2) is 53.3 Å². The van der Waals surface area contributed by atoms with Crippen LogP contribution in [0.25, 0.3) is 22.2 Å². The van der Waals surface area contributed by atoms with E-state index in [1.54, 1.807) is 13.2 Å². The lowest BCUT2D eigenvalue weighted by Gasteiger charge is -2.15. The van der Waals surface area contributed by atoms with Crippen LogP contribution in [-0.4, -0.2) is 31.1 Å². The highest BCUT2D eigenvalue weighted by Gasteiger charge is 2.14. The zero-order valence-corrected chi connectivity index (χ0v) is 13.6. The molecule has 3 aromatic rings. The molecule has 0 spiro atoms. The largest absolute Gasteiger partial charge is 0.497 e. The van der Waals surface area contributed by atoms with Crippen molar-refractivity contribution >= 4 is 10.9 Å². The average Bonchev–Trinajstić information content (AvgIpc) is 2.57. The van der Waals surface area contributed by atoms with Gasteiger partial charge in [0.15, 0.2) is 5.43 Å². The second-order valence-corrected chi connectivity index (χ2v) is 5.82. The summed E-state index contributed by atoms with van der Waals surface area (Å²) in [4.78, 5) is 18.5. The summed E-state index contributed by atoms with van der Waals surface area (Å²) in [7, 11) is 5.53. The Hall–Kier alpha value is -2.59. The van der Waals surface area contributed by atoms with Gasteiger partial charge in [-0.25, -0.2) is 0 Å². The number of aromatic nitrogens is 1. The van der Waals surface area contributed by atoms with Crippen LogP contribution >= 0.6 is 0 Å². The molecule has 1 aromatic heterocycles. The number of ether oxygens (including phenoxy) is 1. The normalized spacial score (nSPS) is 11.1. The first-order valence-electron chi connectivity index (χ1n) is 7.53. The maximum Gasteiger partial charge on any atom is 0.194 e. The van der Waals surface area contributed by atoms with E-state index in [1.807, 2.05) is 61.5 Å². The molecular formula is C19H20N2O2. The minimum atomic E-state index is 0.0465. The number of hydrogen-bond donors (Lipinski definition) is 1. The number of methoxy groups -OCH3 is 1. The van der Waals surface area contributed by atoms with Crippen LogP contribution in [0.2, 0.25) is 0 Å². The number of H-pyrrole nitrogens is 1. The van der Waals surface area contributed by atoms with Crippen LogP contribution in [0.1, 0.15) is 5.56 Å². The van der Waals surface area contributed by atoms with Crippen LogP contribution in [0.4, 0.5) is 0 Å². The Bertz CT molecular complexity index is 883. The molecule has 1 N–H and O–H groups in total. The first-order chi connectivity index (χ1) is 11.1. The highest BCUT2D eigenvalue weighted by molar-refractivity contribution is 5.84. The zero-order chi connectivity index (χ0) is 16.4. The quantitative estimate of drug-likeness (QED) is 0.804. The monoisotopic (exact) mass is 308 g/mol. The maximum absolute atomic E-state index is 13.0. The third kappa shape index (κ3) is 2.98. The van der Waals surface area contributed by atoms with Crippen molar-refractivity contribution in [3.8, 4) is 17.0 Å². The minimum absolute atomic E-state index is 0.0465. The van der Waals surface area contributed by atoms with Crippen molar-refractivity contribution in [1.29, 1.82) is 0 Å². The third-order valence-electron chi connectivity index (χ3n) is 3.84. The molecule has 0 atom stereocenters. The van der Waals surface area contributed by atoms with E-state index < -0.39 is 0 Å². The molecule has 0 radical (unpaired) electrons. The van der Waals surface area contributed by atoms with Gasteiger partial charge in [-0.3, -0.25) is 4.79 Å². The second kappa shape index (κ2) is 6.26. The van der Waals surface area contributed by atoms with Crippen LogP contribution < -0.4 is 10.2 Å². The van der Waals surface area contributed by atoms with E-state index in [2.05, 4.69) is 4.98 Å². The first-order valence-corrected chi connectivity index (χ1v) is 7.53. The molecule has 1 heterocycles. The number of pyridine rings is 1. The highest BCUT2D eigenvalue weighted by Crippen LogP contribution is 2.25. The van der Waals surface area contributed by atoms with Gasteiger partial charge in [-0.15, -0.1) is 0 Å². The summed E-state index contributed by atoms with van der Waals surface area (Å²) in [6.45, 7) is 0.576. The van der Waals surface area contributed by atoms with Crippen molar-refractivity contribution in [3.05, 3.63) is 64.3 Å². The van der Waals surface area contributed by atoms with Crippen molar-refractivity contribution in [2.75, 3.05) is 21.2 Å². The highest BCUT2D eigenvalue weighted by atomic mass is 16.5. The third-order valence-corrected chi connectivity index (χ3v) is 3.84. The number of nitrogens with zero attached hydrogens (tertiary/aromatic N) is 1. The molecule has 118 valence electrons. The molecule has 0 amide bonds. The molecule has 23 heavy (non-hydrogen) atoms. The lowest BCUT2D eigenvalue weighted by atomic mass is 10.0. The molecule has 0 unspecified atom stereocenters. The Labute approximate surface area is 135 Å². The average molecular weight is 308 g/mol. The Morgan fingerprint density at radius 3 is 2.48 bits per heavy atom. The molecule has 0 aliphatic carbocycles. The number of aromatic amines is 1. The predicted molar refractivity (Wildman–Crippen MR) is 93.9 cm³/mol. The van der Waals surface area contributed by atoms with Crippen molar-refractivity contribution in [1.82, 2.24) is 9.88 Å². The maximum atomic E-state index is 13.0. The number of rotatable bonds is 4. The summed E-state index contributed by atoms with van der Waals surface area (Å²) in [5.74, 6) is 0.686. The van der Waals surface area contributed by atoms with E-state index in [0.29, 0.717) is 17.7 Å². The van der Waals surface area contributed by atoms with Gasteiger partial charge in [0.05, 0.1) is 18.3 Å². The van der Waals surface area contributed by atoms with Crippen molar-refractivity contribution < 1.29 is 4.74 Å². The Morgan fingerprint density at radius 1 is 1.09 bits per heavy atom. The molecule has 4 nitrogen and oxygen atoms in total. The lowest BCUT2D eigenvalue weighted by molar-refractivity contribution is 0.401. The van der Waals surface area contributed by atoms with Gasteiger partial charge in [0, 0.05) is 17.5 Å². The minimum Gasteiger partial charge on any atom is -0.497 e. The van der Waals surface area contributed by atoms with Crippen molar-refractivity contribution in [3.63, 3.8) is 0 Å². The topological polar surface area (TPSA) is 45.3 Å².